The minimum atomic E-state index is -3.26. The van der Waals surface area contributed by atoms with E-state index in [1.807, 2.05) is 0 Å². The number of morpholine rings is 1. The van der Waals surface area contributed by atoms with Crippen LogP contribution in [0.4, 0.5) is 0 Å². The number of aliphatic carboxylic acids is 1. The van der Waals surface area contributed by atoms with E-state index in [0.717, 1.165) is 0 Å². The lowest BCUT2D eigenvalue weighted by atomic mass is 10.1. The third kappa shape index (κ3) is 4.29. The van der Waals surface area contributed by atoms with Gasteiger partial charge in [-0.25, -0.2) is 13.2 Å². The van der Waals surface area contributed by atoms with Gasteiger partial charge >= 0.3 is 5.97 Å². The predicted molar refractivity (Wildman–Crippen MR) is 81.8 cm³/mol. The number of sulfone groups is 1. The number of hydrogen-bond donors (Lipinski definition) is 1. The zero-order valence-electron chi connectivity index (χ0n) is 12.8. The second-order valence-corrected chi connectivity index (χ2v) is 7.54. The zero-order chi connectivity index (χ0) is 17.0. The van der Waals surface area contributed by atoms with Crippen LogP contribution in [0.25, 0.3) is 0 Å². The first-order chi connectivity index (χ1) is 10.8. The van der Waals surface area contributed by atoms with E-state index in [1.165, 1.54) is 17.0 Å². The highest BCUT2D eigenvalue weighted by atomic mass is 32.2. The predicted octanol–water partition coefficient (Wildman–Crippen LogP) is 0.335. The van der Waals surface area contributed by atoms with Crippen LogP contribution in [-0.2, 0) is 30.6 Å². The van der Waals surface area contributed by atoms with E-state index in [9.17, 15) is 18.0 Å². The molecule has 0 radical (unpaired) electrons. The topological polar surface area (TPSA) is 101 Å². The molecule has 7 nitrogen and oxygen atoms in total. The van der Waals surface area contributed by atoms with Crippen LogP contribution < -0.4 is 0 Å². The Morgan fingerprint density at radius 2 is 1.96 bits per heavy atom. The van der Waals surface area contributed by atoms with E-state index >= 15 is 0 Å². The molecule has 8 heteroatoms. The number of rotatable bonds is 5. The first-order valence-corrected chi connectivity index (χ1v) is 8.92. The van der Waals surface area contributed by atoms with Crippen molar-refractivity contribution in [2.45, 2.75) is 24.3 Å². The lowest BCUT2D eigenvalue weighted by molar-refractivity contribution is -0.159. The highest BCUT2D eigenvalue weighted by Gasteiger charge is 2.28. The Balaban J connectivity index is 2.01. The number of carbonyl (C=O) groups is 2. The lowest BCUT2D eigenvalue weighted by Crippen LogP contribution is -2.49. The first kappa shape index (κ1) is 17.4. The monoisotopic (exact) mass is 341 g/mol. The van der Waals surface area contributed by atoms with Crippen molar-refractivity contribution in [1.82, 2.24) is 4.90 Å². The molecule has 1 aromatic rings. The third-order valence-electron chi connectivity index (χ3n) is 3.71. The smallest absolute Gasteiger partial charge is 0.334 e. The quantitative estimate of drug-likeness (QED) is 0.828. The van der Waals surface area contributed by atoms with Crippen molar-refractivity contribution in [1.29, 1.82) is 0 Å². The summed E-state index contributed by atoms with van der Waals surface area (Å²) < 4.78 is 28.5. The summed E-state index contributed by atoms with van der Waals surface area (Å²) in [5.74, 6) is -1.27. The van der Waals surface area contributed by atoms with Gasteiger partial charge in [0.1, 0.15) is 0 Å². The van der Waals surface area contributed by atoms with Gasteiger partial charge in [-0.2, -0.15) is 0 Å². The fourth-order valence-electron chi connectivity index (χ4n) is 2.29. The maximum absolute atomic E-state index is 12.2. The summed E-state index contributed by atoms with van der Waals surface area (Å²) in [6.07, 6.45) is -0.900. The molecule has 1 aliphatic heterocycles. The van der Waals surface area contributed by atoms with Gasteiger partial charge in [0, 0.05) is 6.54 Å². The summed E-state index contributed by atoms with van der Waals surface area (Å²) in [6, 6.07) is 6.19. The average Bonchev–Trinajstić information content (AvgIpc) is 2.55. The average molecular weight is 341 g/mol. The maximum Gasteiger partial charge on any atom is 0.334 e. The molecule has 1 aliphatic rings. The normalized spacial score (nSPS) is 18.7. The minimum absolute atomic E-state index is 0.0234. The number of hydrogen-bond acceptors (Lipinski definition) is 5. The molecule has 1 atom stereocenters. The van der Waals surface area contributed by atoms with Gasteiger partial charge in [-0.15, -0.1) is 0 Å². The summed E-state index contributed by atoms with van der Waals surface area (Å²) in [4.78, 5) is 24.8. The summed E-state index contributed by atoms with van der Waals surface area (Å²) in [5, 5.41) is 8.94. The Labute approximate surface area is 134 Å². The van der Waals surface area contributed by atoms with Gasteiger partial charge in [0.15, 0.2) is 15.9 Å². The van der Waals surface area contributed by atoms with Crippen LogP contribution in [-0.4, -0.2) is 61.9 Å². The van der Waals surface area contributed by atoms with Crippen LogP contribution in [0.15, 0.2) is 29.2 Å². The molecule has 1 aromatic carbocycles. The molecule has 1 saturated heterocycles. The summed E-state index contributed by atoms with van der Waals surface area (Å²) >= 11 is 0. The van der Waals surface area contributed by atoms with Gasteiger partial charge in [0.05, 0.1) is 30.2 Å². The largest absolute Gasteiger partial charge is 0.479 e. The van der Waals surface area contributed by atoms with Gasteiger partial charge in [0.25, 0.3) is 0 Å². The highest BCUT2D eigenvalue weighted by molar-refractivity contribution is 7.91. The molecule has 0 saturated carbocycles. The molecule has 0 spiro atoms. The van der Waals surface area contributed by atoms with Crippen molar-refractivity contribution < 1.29 is 27.9 Å². The Kier molecular flexibility index (Phi) is 5.38. The van der Waals surface area contributed by atoms with Gasteiger partial charge < -0.3 is 14.7 Å². The van der Waals surface area contributed by atoms with E-state index in [-0.39, 0.29) is 36.1 Å². The SMILES string of the molecule is CCS(=O)(=O)c1ccc(CC(=O)N2CCOC(C(=O)O)C2)cc1. The molecule has 2 rings (SSSR count). The maximum atomic E-state index is 12.2. The van der Waals surface area contributed by atoms with Gasteiger partial charge in [-0.1, -0.05) is 19.1 Å². The molecule has 0 aromatic heterocycles. The third-order valence-corrected chi connectivity index (χ3v) is 5.46. The molecule has 1 amide bonds. The number of carboxylic acid groups (broad SMARTS) is 1. The molecule has 0 aliphatic carbocycles. The van der Waals surface area contributed by atoms with Gasteiger partial charge in [-0.05, 0) is 17.7 Å². The minimum Gasteiger partial charge on any atom is -0.479 e. The van der Waals surface area contributed by atoms with E-state index in [0.29, 0.717) is 12.1 Å². The number of ether oxygens (including phenoxy) is 1. The Morgan fingerprint density at radius 3 is 2.52 bits per heavy atom. The van der Waals surface area contributed by atoms with Crippen LogP contribution in [0, 0.1) is 0 Å². The Bertz CT molecular complexity index is 682. The van der Waals surface area contributed by atoms with Crippen molar-refractivity contribution in [2.75, 3.05) is 25.4 Å². The number of nitrogens with zero attached hydrogens (tertiary/aromatic N) is 1. The molecule has 1 fully saturated rings. The van der Waals surface area contributed by atoms with Crippen LogP contribution in [0.5, 0.6) is 0 Å². The van der Waals surface area contributed by atoms with Crippen LogP contribution in [0.3, 0.4) is 0 Å². The number of carbonyl (C=O) groups excluding carboxylic acids is 1. The van der Waals surface area contributed by atoms with Crippen molar-refractivity contribution in [3.05, 3.63) is 29.8 Å². The number of benzene rings is 1. The van der Waals surface area contributed by atoms with E-state index in [2.05, 4.69) is 0 Å². The highest BCUT2D eigenvalue weighted by Crippen LogP contribution is 2.14. The second-order valence-electron chi connectivity index (χ2n) is 5.26. The van der Waals surface area contributed by atoms with Crippen LogP contribution in [0.2, 0.25) is 0 Å². The van der Waals surface area contributed by atoms with Crippen LogP contribution >= 0.6 is 0 Å². The summed E-state index contributed by atoms with van der Waals surface area (Å²) in [5.41, 5.74) is 0.684. The standard InChI is InChI=1S/C15H19NO6S/c1-2-23(20,21)12-5-3-11(4-6-12)9-14(17)16-7-8-22-13(10-16)15(18)19/h3-6,13H,2,7-10H2,1H3,(H,18,19). The van der Waals surface area contributed by atoms with Crippen molar-refractivity contribution in [3.8, 4) is 0 Å². The first-order valence-electron chi connectivity index (χ1n) is 7.27. The molecule has 23 heavy (non-hydrogen) atoms. The lowest BCUT2D eigenvalue weighted by Gasteiger charge is -2.31. The summed E-state index contributed by atoms with van der Waals surface area (Å²) in [6.45, 7) is 2.14. The van der Waals surface area contributed by atoms with E-state index in [4.69, 9.17) is 9.84 Å². The Hall–Kier alpha value is -1.93. The number of amides is 1. The van der Waals surface area contributed by atoms with E-state index < -0.39 is 21.9 Å². The van der Waals surface area contributed by atoms with Gasteiger partial charge in [0.2, 0.25) is 5.91 Å². The molecule has 1 N–H and O–H groups in total. The summed E-state index contributed by atoms with van der Waals surface area (Å²) in [7, 11) is -3.26. The van der Waals surface area contributed by atoms with Crippen molar-refractivity contribution >= 4 is 21.7 Å². The Morgan fingerprint density at radius 1 is 1.30 bits per heavy atom. The zero-order valence-corrected chi connectivity index (χ0v) is 13.6. The molecule has 1 heterocycles. The van der Waals surface area contributed by atoms with E-state index in [1.54, 1.807) is 19.1 Å². The second kappa shape index (κ2) is 7.10. The van der Waals surface area contributed by atoms with Crippen molar-refractivity contribution in [3.63, 3.8) is 0 Å². The molecule has 1 unspecified atom stereocenters. The molecular weight excluding hydrogens is 322 g/mol. The van der Waals surface area contributed by atoms with Gasteiger partial charge in [-0.3, -0.25) is 4.79 Å². The molecular formula is C15H19NO6S. The molecule has 0 bridgehead atoms. The fourth-order valence-corrected chi connectivity index (χ4v) is 3.18. The molecule has 126 valence electrons. The number of carboxylic acids is 1. The van der Waals surface area contributed by atoms with Crippen LogP contribution in [0.1, 0.15) is 12.5 Å². The van der Waals surface area contributed by atoms with Crippen molar-refractivity contribution in [2.24, 2.45) is 0 Å². The fraction of sp³-hybridized carbons (Fsp3) is 0.467.